The average molecular weight is 897 g/mol. The summed E-state index contributed by atoms with van der Waals surface area (Å²) in [6, 6.07) is 26.8. The molecule has 1 saturated heterocycles. The molecule has 0 atom stereocenters. The Labute approximate surface area is 389 Å². The molecule has 7 rings (SSSR count). The molecule has 4 aromatic rings. The minimum Gasteiger partial charge on any atom is -0.467 e. The molecule has 3 aliphatic rings. The van der Waals surface area contributed by atoms with E-state index in [-0.39, 0.29) is 0 Å². The van der Waals surface area contributed by atoms with E-state index in [1.807, 2.05) is 0 Å². The fourth-order valence-corrected chi connectivity index (χ4v) is 9.58. The van der Waals surface area contributed by atoms with Crippen molar-refractivity contribution in [3.63, 3.8) is 0 Å². The van der Waals surface area contributed by atoms with Gasteiger partial charge in [0.25, 0.3) is 0 Å². The largest absolute Gasteiger partial charge is 0.756 e. The lowest BCUT2D eigenvalue weighted by Gasteiger charge is -2.29. The third-order valence-electron chi connectivity index (χ3n) is 11.8. The highest BCUT2D eigenvalue weighted by Gasteiger charge is 2.36. The van der Waals surface area contributed by atoms with Gasteiger partial charge in [0.15, 0.2) is 0 Å². The Bertz CT molecular complexity index is 1900. The molecule has 4 radical (unpaired) electrons. The number of benzene rings is 4. The Morgan fingerprint density at radius 2 is 0.484 bits per heavy atom. The zero-order valence-electron chi connectivity index (χ0n) is 41.3. The van der Waals surface area contributed by atoms with E-state index in [0.29, 0.717) is 47.3 Å². The molecule has 0 aromatic heterocycles. The fraction of sp³-hybridized carbons (Fsp3) is 0.444. The van der Waals surface area contributed by atoms with E-state index in [9.17, 15) is 8.92 Å². The van der Waals surface area contributed by atoms with Crippen molar-refractivity contribution < 1.29 is 17.2 Å². The number of hydrogen-bond acceptors (Lipinski definition) is 8. The standard InChI is InChI=1S/2C27H36N2.O4Si2/c2*1-18(2)22-11-9-12-23(19(3)4)26(22)28-15-16-29(17-28)27-24(20(5)6)13-10-14-25(27)21(7)8;1-5-3-6(2)4-5/h2*9-16,18-21H,1-8H3;. The summed E-state index contributed by atoms with van der Waals surface area (Å²) in [6.07, 6.45) is 8.64. The molecule has 4 aromatic carbocycles. The summed E-state index contributed by atoms with van der Waals surface area (Å²) in [4.78, 5) is 8.80. The molecule has 64 heavy (non-hydrogen) atoms. The quantitative estimate of drug-likeness (QED) is 0.130. The van der Waals surface area contributed by atoms with Crippen LogP contribution < -0.4 is 19.6 Å². The fourth-order valence-electron chi connectivity index (χ4n) is 8.43. The van der Waals surface area contributed by atoms with Crippen LogP contribution in [0.25, 0.3) is 0 Å². The molecule has 1 fully saturated rings. The molecule has 8 nitrogen and oxygen atoms in total. The van der Waals surface area contributed by atoms with Gasteiger partial charge in [0.2, 0.25) is 13.3 Å². The third kappa shape index (κ3) is 11.5. The second-order valence-electron chi connectivity index (χ2n) is 19.4. The number of para-hydroxylation sites is 4. The van der Waals surface area contributed by atoms with Crippen molar-refractivity contribution >= 4 is 41.1 Å². The van der Waals surface area contributed by atoms with Crippen LogP contribution in [0.5, 0.6) is 0 Å². The molecule has 0 amide bonds. The third-order valence-corrected chi connectivity index (χ3v) is 14.5. The molecule has 340 valence electrons. The predicted molar refractivity (Wildman–Crippen MR) is 268 cm³/mol. The highest BCUT2D eigenvalue weighted by Crippen LogP contribution is 2.44. The summed E-state index contributed by atoms with van der Waals surface area (Å²) in [6.45, 7) is 43.6. The lowest BCUT2D eigenvalue weighted by atomic mass is 9.91. The zero-order chi connectivity index (χ0) is 47.2. The summed E-state index contributed by atoms with van der Waals surface area (Å²) in [7, 11) is -4.52. The second-order valence-corrected chi connectivity index (χ2v) is 22.0. The van der Waals surface area contributed by atoms with E-state index >= 15 is 0 Å². The van der Waals surface area contributed by atoms with Crippen LogP contribution in [0.4, 0.5) is 22.7 Å². The van der Waals surface area contributed by atoms with Gasteiger partial charge in [0.05, 0.1) is 22.7 Å². The summed E-state index contributed by atoms with van der Waals surface area (Å²) >= 11 is 0. The highest BCUT2D eigenvalue weighted by molar-refractivity contribution is 6.57. The lowest BCUT2D eigenvalue weighted by molar-refractivity contribution is 0.203. The van der Waals surface area contributed by atoms with Crippen molar-refractivity contribution in [3.8, 4) is 0 Å². The van der Waals surface area contributed by atoms with Gasteiger partial charge in [0.1, 0.15) is 0 Å². The van der Waals surface area contributed by atoms with E-state index in [0.717, 1.165) is 0 Å². The van der Waals surface area contributed by atoms with Gasteiger partial charge in [-0.25, -0.2) is 0 Å². The first kappa shape index (κ1) is 50.2. The molecule has 0 unspecified atom stereocenters. The van der Waals surface area contributed by atoms with Crippen LogP contribution in [0.2, 0.25) is 0 Å². The molecule has 10 heteroatoms. The van der Waals surface area contributed by atoms with Crippen LogP contribution in [0.15, 0.2) is 97.6 Å². The summed E-state index contributed by atoms with van der Waals surface area (Å²) in [5.41, 5.74) is 16.1. The molecule has 0 spiro atoms. The zero-order valence-corrected chi connectivity index (χ0v) is 43.3. The smallest absolute Gasteiger partial charge is 0.467 e. The van der Waals surface area contributed by atoms with E-state index in [4.69, 9.17) is 0 Å². The Kier molecular flexibility index (Phi) is 17.2. The van der Waals surface area contributed by atoms with E-state index in [2.05, 4.69) is 250 Å². The van der Waals surface area contributed by atoms with Crippen molar-refractivity contribution in [2.24, 2.45) is 0 Å². The average Bonchev–Trinajstić information content (AvgIpc) is 3.93. The molecule has 0 aliphatic carbocycles. The molecule has 0 N–H and O–H groups in total. The number of nitrogens with zero attached hydrogens (tertiary/aromatic N) is 4. The predicted octanol–water partition coefficient (Wildman–Crippen LogP) is 14.8. The number of anilines is 4. The SMILES string of the molecule is CC(C)c1cccc(C(C)C)c1N1[C]N(c2c(C(C)C)cccc2C(C)C)C=C1.CC(C)c1cccc(C(C)C)c1N1[C]N(c2c(C(C)C)cccc2C(C)C)C=C1.O=[Si]1O[Si](=O)O1. The molecule has 3 aliphatic heterocycles. The van der Waals surface area contributed by atoms with Crippen molar-refractivity contribution in [1.29, 1.82) is 0 Å². The monoisotopic (exact) mass is 897 g/mol. The van der Waals surface area contributed by atoms with Gasteiger partial charge in [-0.05, 0) is 91.9 Å². The molecular weight excluding hydrogens is 825 g/mol. The lowest BCUT2D eigenvalue weighted by Crippen LogP contribution is -2.35. The van der Waals surface area contributed by atoms with Crippen LogP contribution in [-0.4, -0.2) is 18.3 Å². The van der Waals surface area contributed by atoms with Crippen molar-refractivity contribution in [2.75, 3.05) is 19.6 Å². The van der Waals surface area contributed by atoms with Gasteiger partial charge >= 0.3 is 18.3 Å². The van der Waals surface area contributed by atoms with Crippen LogP contribution in [0, 0.1) is 13.3 Å². The first-order valence-corrected chi connectivity index (χ1v) is 25.7. The summed E-state index contributed by atoms with van der Waals surface area (Å²) < 4.78 is 27.4. The Balaban J connectivity index is 0.000000212. The first-order valence-electron chi connectivity index (χ1n) is 23.2. The minimum absolute atomic E-state index is 0.460. The van der Waals surface area contributed by atoms with Crippen molar-refractivity contribution in [1.82, 2.24) is 0 Å². The van der Waals surface area contributed by atoms with Crippen LogP contribution in [0.1, 0.15) is 203 Å². The first-order chi connectivity index (χ1) is 30.2. The maximum absolute atomic E-state index is 9.68. The van der Waals surface area contributed by atoms with Gasteiger partial charge in [-0.2, -0.15) is 0 Å². The van der Waals surface area contributed by atoms with Crippen molar-refractivity contribution in [2.45, 2.75) is 158 Å². The van der Waals surface area contributed by atoms with E-state index < -0.39 is 18.3 Å². The molecule has 0 saturated carbocycles. The van der Waals surface area contributed by atoms with Crippen LogP contribution in [0.3, 0.4) is 0 Å². The Hall–Kier alpha value is -4.81. The number of rotatable bonds is 12. The Morgan fingerprint density at radius 3 is 0.594 bits per heavy atom. The van der Waals surface area contributed by atoms with E-state index in [1.165, 1.54) is 67.3 Å². The van der Waals surface area contributed by atoms with E-state index in [1.54, 1.807) is 0 Å². The molecular formula is C54H72N4O4Si2. The Morgan fingerprint density at radius 1 is 0.328 bits per heavy atom. The maximum Gasteiger partial charge on any atom is 0.756 e. The van der Waals surface area contributed by atoms with Crippen LogP contribution in [-0.2, 0) is 17.2 Å². The van der Waals surface area contributed by atoms with Gasteiger partial charge < -0.3 is 27.8 Å². The van der Waals surface area contributed by atoms with Crippen LogP contribution >= 0.6 is 0 Å². The topological polar surface area (TPSA) is 65.6 Å². The van der Waals surface area contributed by atoms with Gasteiger partial charge in [-0.3, -0.25) is 8.92 Å². The molecule has 3 heterocycles. The van der Waals surface area contributed by atoms with Gasteiger partial charge in [-0.15, -0.1) is 0 Å². The van der Waals surface area contributed by atoms with Crippen molar-refractivity contribution in [3.05, 3.63) is 155 Å². The number of hydrogen-bond donors (Lipinski definition) is 0. The van der Waals surface area contributed by atoms with Gasteiger partial charge in [0, 0.05) is 24.8 Å². The summed E-state index contributed by atoms with van der Waals surface area (Å²) in [5.74, 6) is 3.68. The van der Waals surface area contributed by atoms with Gasteiger partial charge in [-0.1, -0.05) is 184 Å². The summed E-state index contributed by atoms with van der Waals surface area (Å²) in [5, 5.41) is 0. The molecule has 0 bridgehead atoms. The normalized spacial score (nSPS) is 14.7. The second kappa shape index (κ2) is 21.9. The maximum atomic E-state index is 9.68. The highest BCUT2D eigenvalue weighted by atomic mass is 28.4. The minimum atomic E-state index is -2.26.